The van der Waals surface area contributed by atoms with Gasteiger partial charge in [-0.15, -0.1) is 0 Å². The highest BCUT2D eigenvalue weighted by Gasteiger charge is 2.28. The quantitative estimate of drug-likeness (QED) is 0.587. The summed E-state index contributed by atoms with van der Waals surface area (Å²) in [6.07, 6.45) is 9.62. The van der Waals surface area contributed by atoms with Gasteiger partial charge in [-0.2, -0.15) is 0 Å². The molecule has 0 saturated carbocycles. The lowest BCUT2D eigenvalue weighted by molar-refractivity contribution is 0.517. The topological polar surface area (TPSA) is 18.5 Å². The summed E-state index contributed by atoms with van der Waals surface area (Å²) in [5, 5.41) is 0. The van der Waals surface area contributed by atoms with Crippen molar-refractivity contribution in [3.63, 3.8) is 0 Å². The van der Waals surface area contributed by atoms with Crippen LogP contribution in [0.5, 0.6) is 11.5 Å². The summed E-state index contributed by atoms with van der Waals surface area (Å²) >= 11 is 0. The molecule has 3 heteroatoms. The normalized spacial score (nSPS) is 14.7. The van der Waals surface area contributed by atoms with E-state index in [1.165, 1.54) is 0 Å². The predicted molar refractivity (Wildman–Crippen MR) is 75.7 cm³/mol. The molecule has 18 heavy (non-hydrogen) atoms. The Balaban J connectivity index is 2.04. The summed E-state index contributed by atoms with van der Waals surface area (Å²) in [7, 11) is -0.360. The highest BCUT2D eigenvalue weighted by molar-refractivity contribution is 6.53. The monoisotopic (exact) mass is 238 g/mol. The lowest BCUT2D eigenvalue weighted by Gasteiger charge is -1.98. The van der Waals surface area contributed by atoms with Crippen molar-refractivity contribution in [3.8, 4) is 11.5 Å². The second-order valence-corrected chi connectivity index (χ2v) is 3.81. The summed E-state index contributed by atoms with van der Waals surface area (Å²) in [5.74, 6) is 3.45. The molecule has 0 aromatic heterocycles. The van der Waals surface area contributed by atoms with E-state index in [0.717, 1.165) is 17.1 Å². The third kappa shape index (κ3) is 2.95. The zero-order valence-corrected chi connectivity index (χ0v) is 10.4. The standard InChI is InChI=1S/C15H15BO2/c1-3-7-13(8-4-2)11-12-16-17-14-9-5-6-10-15(14)18-16/h3-12H,1H2,2H3/b8-4-,12-11+,13-7+. The van der Waals surface area contributed by atoms with Crippen molar-refractivity contribution in [2.45, 2.75) is 6.92 Å². The Kier molecular flexibility index (Phi) is 4.08. The van der Waals surface area contributed by atoms with Gasteiger partial charge >= 0.3 is 7.12 Å². The third-order valence-electron chi connectivity index (χ3n) is 2.45. The first-order valence-corrected chi connectivity index (χ1v) is 5.89. The molecular formula is C15H15BO2. The van der Waals surface area contributed by atoms with E-state index >= 15 is 0 Å². The zero-order chi connectivity index (χ0) is 12.8. The minimum absolute atomic E-state index is 0.360. The molecule has 1 aliphatic heterocycles. The maximum atomic E-state index is 5.63. The molecule has 0 unspecified atom stereocenters. The summed E-state index contributed by atoms with van der Waals surface area (Å²) in [4.78, 5) is 0. The number of hydrogen-bond donors (Lipinski definition) is 0. The molecule has 1 aromatic carbocycles. The van der Waals surface area contributed by atoms with Gasteiger partial charge in [-0.05, 0) is 30.6 Å². The Labute approximate surface area is 108 Å². The van der Waals surface area contributed by atoms with Crippen LogP contribution in [0.1, 0.15) is 6.92 Å². The summed E-state index contributed by atoms with van der Waals surface area (Å²) in [6, 6.07) is 7.65. The van der Waals surface area contributed by atoms with Gasteiger partial charge in [-0.3, -0.25) is 0 Å². The predicted octanol–water partition coefficient (Wildman–Crippen LogP) is 3.73. The van der Waals surface area contributed by atoms with Gasteiger partial charge in [0.2, 0.25) is 0 Å². The Morgan fingerprint density at radius 3 is 2.39 bits per heavy atom. The van der Waals surface area contributed by atoms with E-state index in [9.17, 15) is 0 Å². The van der Waals surface area contributed by atoms with Gasteiger partial charge in [-0.25, -0.2) is 0 Å². The minimum Gasteiger partial charge on any atom is -0.520 e. The van der Waals surface area contributed by atoms with Crippen LogP contribution in [0.25, 0.3) is 0 Å². The van der Waals surface area contributed by atoms with E-state index in [1.54, 1.807) is 6.08 Å². The molecule has 0 atom stereocenters. The first kappa shape index (κ1) is 12.3. The van der Waals surface area contributed by atoms with Crippen LogP contribution < -0.4 is 9.31 Å². The van der Waals surface area contributed by atoms with Gasteiger partial charge in [0.15, 0.2) is 0 Å². The van der Waals surface area contributed by atoms with Crippen molar-refractivity contribution in [2.24, 2.45) is 0 Å². The summed E-state index contributed by atoms with van der Waals surface area (Å²) in [6.45, 7) is 5.66. The summed E-state index contributed by atoms with van der Waals surface area (Å²) < 4.78 is 11.3. The number of allylic oxidation sites excluding steroid dienone is 6. The second kappa shape index (κ2) is 5.96. The Bertz CT molecular complexity index is 490. The smallest absolute Gasteiger partial charge is 0.520 e. The molecule has 90 valence electrons. The van der Waals surface area contributed by atoms with E-state index in [4.69, 9.17) is 9.31 Å². The van der Waals surface area contributed by atoms with Crippen LogP contribution in [0.4, 0.5) is 0 Å². The second-order valence-electron chi connectivity index (χ2n) is 3.81. The summed E-state index contributed by atoms with van der Waals surface area (Å²) in [5.41, 5.74) is 1.05. The lowest BCUT2D eigenvalue weighted by Crippen LogP contribution is -2.21. The largest absolute Gasteiger partial charge is 0.625 e. The Hall–Kier alpha value is -2.16. The number of hydrogen-bond acceptors (Lipinski definition) is 2. The SMILES string of the molecule is C=C/C=C(\C=C/C)/C=C/B1Oc2ccccc2O1. The zero-order valence-electron chi connectivity index (χ0n) is 10.4. The molecule has 1 aromatic rings. The van der Waals surface area contributed by atoms with Gasteiger partial charge in [-0.1, -0.05) is 49.1 Å². The molecule has 0 radical (unpaired) electrons. The highest BCUT2D eigenvalue weighted by Crippen LogP contribution is 2.32. The van der Waals surface area contributed by atoms with Crippen LogP contribution in [-0.4, -0.2) is 7.12 Å². The van der Waals surface area contributed by atoms with Crippen LogP contribution in [0.2, 0.25) is 0 Å². The molecule has 0 N–H and O–H groups in total. The molecule has 0 fully saturated rings. The van der Waals surface area contributed by atoms with Crippen molar-refractivity contribution in [2.75, 3.05) is 0 Å². The average Bonchev–Trinajstić information content (AvgIpc) is 2.79. The number of rotatable bonds is 4. The fourth-order valence-corrected chi connectivity index (χ4v) is 1.68. The lowest BCUT2D eigenvalue weighted by atomic mass is 9.89. The average molecular weight is 238 g/mol. The first-order chi connectivity index (χ1) is 8.83. The number of para-hydroxylation sites is 2. The van der Waals surface area contributed by atoms with Crippen LogP contribution in [-0.2, 0) is 0 Å². The van der Waals surface area contributed by atoms with Gasteiger partial charge in [0.05, 0.1) is 0 Å². The van der Waals surface area contributed by atoms with Gasteiger partial charge in [0.1, 0.15) is 11.5 Å². The van der Waals surface area contributed by atoms with E-state index in [2.05, 4.69) is 6.58 Å². The molecule has 0 spiro atoms. The molecule has 1 heterocycles. The minimum atomic E-state index is -0.360. The molecule has 0 amide bonds. The van der Waals surface area contributed by atoms with Crippen molar-refractivity contribution in [1.29, 1.82) is 0 Å². The van der Waals surface area contributed by atoms with Gasteiger partial charge < -0.3 is 9.31 Å². The van der Waals surface area contributed by atoms with Crippen LogP contribution in [0.3, 0.4) is 0 Å². The van der Waals surface area contributed by atoms with Crippen LogP contribution >= 0.6 is 0 Å². The fourth-order valence-electron chi connectivity index (χ4n) is 1.68. The number of benzene rings is 1. The molecule has 0 aliphatic carbocycles. The van der Waals surface area contributed by atoms with Crippen molar-refractivity contribution >= 4 is 7.12 Å². The van der Waals surface area contributed by atoms with Gasteiger partial charge in [0.25, 0.3) is 0 Å². The van der Waals surface area contributed by atoms with E-state index < -0.39 is 0 Å². The molecule has 1 aliphatic rings. The molecule has 0 saturated heterocycles. The Morgan fingerprint density at radius 2 is 1.83 bits per heavy atom. The maximum absolute atomic E-state index is 5.63. The molecular weight excluding hydrogens is 223 g/mol. The van der Waals surface area contributed by atoms with Crippen LogP contribution in [0, 0.1) is 0 Å². The molecule has 2 nitrogen and oxygen atoms in total. The van der Waals surface area contributed by atoms with E-state index in [1.807, 2.05) is 61.5 Å². The molecule has 2 rings (SSSR count). The van der Waals surface area contributed by atoms with Crippen molar-refractivity contribution in [1.82, 2.24) is 0 Å². The first-order valence-electron chi connectivity index (χ1n) is 5.89. The third-order valence-corrected chi connectivity index (χ3v) is 2.45. The maximum Gasteiger partial charge on any atom is 0.625 e. The van der Waals surface area contributed by atoms with Gasteiger partial charge in [0, 0.05) is 0 Å². The van der Waals surface area contributed by atoms with E-state index in [-0.39, 0.29) is 7.12 Å². The highest BCUT2D eigenvalue weighted by atomic mass is 16.6. The van der Waals surface area contributed by atoms with E-state index in [0.29, 0.717) is 0 Å². The Morgan fingerprint density at radius 1 is 1.17 bits per heavy atom. The molecule has 0 bridgehead atoms. The number of fused-ring (bicyclic) bond motifs is 1. The van der Waals surface area contributed by atoms with Crippen molar-refractivity contribution < 1.29 is 9.31 Å². The van der Waals surface area contributed by atoms with Crippen molar-refractivity contribution in [3.05, 3.63) is 72.8 Å². The fraction of sp³-hybridized carbons (Fsp3) is 0.0667. The van der Waals surface area contributed by atoms with Crippen LogP contribution in [0.15, 0.2) is 72.8 Å².